The molecule has 4 rings (SSSR count). The van der Waals surface area contributed by atoms with Crippen molar-refractivity contribution in [2.45, 2.75) is 25.8 Å². The number of hydrogen-bond donors (Lipinski definition) is 0. The Balaban J connectivity index is 1.37. The number of carbonyl (C=O) groups excluding carboxylic acids is 1. The number of hydrogen-bond acceptors (Lipinski definition) is 6. The number of methoxy groups -OCH3 is 1. The normalized spacial score (nSPS) is 17.9. The quantitative estimate of drug-likeness (QED) is 0.739. The molecule has 6 nitrogen and oxygen atoms in total. The van der Waals surface area contributed by atoms with E-state index in [1.54, 1.807) is 24.6 Å². The molecule has 0 radical (unpaired) electrons. The van der Waals surface area contributed by atoms with Crippen LogP contribution in [-0.2, 0) is 17.8 Å². The molecule has 1 amide bonds. The van der Waals surface area contributed by atoms with E-state index in [-0.39, 0.29) is 5.92 Å². The van der Waals surface area contributed by atoms with Gasteiger partial charge in [0, 0.05) is 37.0 Å². The van der Waals surface area contributed by atoms with Gasteiger partial charge in [-0.05, 0) is 52.2 Å². The van der Waals surface area contributed by atoms with Gasteiger partial charge in [-0.1, -0.05) is 0 Å². The Labute approximate surface area is 165 Å². The smallest absolute Gasteiger partial charge is 0.232 e. The molecular formula is C18H21BrN4O2S. The van der Waals surface area contributed by atoms with E-state index in [2.05, 4.69) is 42.2 Å². The van der Waals surface area contributed by atoms with Crippen LogP contribution in [0.15, 0.2) is 22.1 Å². The van der Waals surface area contributed by atoms with Crippen molar-refractivity contribution in [1.29, 1.82) is 0 Å². The lowest BCUT2D eigenvalue weighted by Crippen LogP contribution is -2.44. The van der Waals surface area contributed by atoms with E-state index in [9.17, 15) is 4.79 Å². The van der Waals surface area contributed by atoms with Crippen molar-refractivity contribution < 1.29 is 9.53 Å². The first kappa shape index (κ1) is 17.7. The summed E-state index contributed by atoms with van der Waals surface area (Å²) in [4.78, 5) is 27.4. The van der Waals surface area contributed by atoms with Gasteiger partial charge in [0.2, 0.25) is 17.7 Å². The summed E-state index contributed by atoms with van der Waals surface area (Å²) in [6, 6.07) is 2.15. The van der Waals surface area contributed by atoms with Crippen molar-refractivity contribution >= 4 is 39.1 Å². The van der Waals surface area contributed by atoms with Gasteiger partial charge < -0.3 is 14.5 Å². The lowest BCUT2D eigenvalue weighted by Gasteiger charge is -2.35. The number of nitrogens with zero attached hydrogens (tertiary/aromatic N) is 4. The van der Waals surface area contributed by atoms with E-state index in [1.807, 2.05) is 4.90 Å². The second kappa shape index (κ2) is 7.52. The summed E-state index contributed by atoms with van der Waals surface area (Å²) in [6.07, 6.45) is 4.38. The van der Waals surface area contributed by atoms with E-state index in [0.717, 1.165) is 49.9 Å². The van der Waals surface area contributed by atoms with Crippen LogP contribution in [0, 0.1) is 5.92 Å². The lowest BCUT2D eigenvalue weighted by molar-refractivity contribution is -0.137. The van der Waals surface area contributed by atoms with Gasteiger partial charge in [0.15, 0.2) is 0 Å². The number of ether oxygens (including phenoxy) is 1. The number of thiophene rings is 1. The maximum atomic E-state index is 12.9. The number of fused-ring (bicyclic) bond motifs is 1. The highest BCUT2D eigenvalue weighted by molar-refractivity contribution is 9.10. The van der Waals surface area contributed by atoms with E-state index in [1.165, 1.54) is 10.4 Å². The van der Waals surface area contributed by atoms with Crippen molar-refractivity contribution in [2.24, 2.45) is 5.92 Å². The fourth-order valence-electron chi connectivity index (χ4n) is 3.66. The Morgan fingerprint density at radius 2 is 2.15 bits per heavy atom. The van der Waals surface area contributed by atoms with Gasteiger partial charge in [0.05, 0.1) is 17.8 Å². The Morgan fingerprint density at radius 1 is 1.35 bits per heavy atom. The largest absolute Gasteiger partial charge is 0.480 e. The molecule has 26 heavy (non-hydrogen) atoms. The van der Waals surface area contributed by atoms with Crippen LogP contribution in [-0.4, -0.2) is 47.5 Å². The molecule has 0 aromatic carbocycles. The van der Waals surface area contributed by atoms with Crippen molar-refractivity contribution in [3.8, 4) is 5.88 Å². The van der Waals surface area contributed by atoms with Crippen molar-refractivity contribution in [2.75, 3.05) is 31.6 Å². The van der Waals surface area contributed by atoms with Crippen LogP contribution in [0.1, 0.15) is 23.3 Å². The van der Waals surface area contributed by atoms with Crippen molar-refractivity contribution in [3.63, 3.8) is 0 Å². The summed E-state index contributed by atoms with van der Waals surface area (Å²) in [5, 5.41) is 2.13. The van der Waals surface area contributed by atoms with Crippen LogP contribution < -0.4 is 9.64 Å². The summed E-state index contributed by atoms with van der Waals surface area (Å²) in [5.41, 5.74) is 1.32. The van der Waals surface area contributed by atoms with E-state index in [4.69, 9.17) is 4.74 Å². The number of halogens is 1. The third-order valence-corrected chi connectivity index (χ3v) is 6.71. The maximum Gasteiger partial charge on any atom is 0.232 e. The van der Waals surface area contributed by atoms with Gasteiger partial charge >= 0.3 is 0 Å². The topological polar surface area (TPSA) is 58.6 Å². The van der Waals surface area contributed by atoms with E-state index >= 15 is 0 Å². The zero-order valence-corrected chi connectivity index (χ0v) is 17.1. The van der Waals surface area contributed by atoms with Crippen molar-refractivity contribution in [1.82, 2.24) is 14.9 Å². The number of amides is 1. The lowest BCUT2D eigenvalue weighted by atomic mass is 9.94. The minimum absolute atomic E-state index is 0.101. The first-order valence-electron chi connectivity index (χ1n) is 8.81. The Hall–Kier alpha value is -1.67. The average molecular weight is 437 g/mol. The van der Waals surface area contributed by atoms with Crippen LogP contribution in [0.5, 0.6) is 5.88 Å². The zero-order valence-electron chi connectivity index (χ0n) is 14.7. The molecule has 1 fully saturated rings. The summed E-state index contributed by atoms with van der Waals surface area (Å²) in [6.45, 7) is 3.20. The fraction of sp³-hybridized carbons (Fsp3) is 0.500. The molecule has 1 saturated heterocycles. The monoisotopic (exact) mass is 436 g/mol. The molecule has 2 aliphatic rings. The van der Waals surface area contributed by atoms with Crippen LogP contribution in [0.3, 0.4) is 0 Å². The molecule has 0 atom stereocenters. The van der Waals surface area contributed by atoms with Gasteiger partial charge in [-0.2, -0.15) is 4.98 Å². The highest BCUT2D eigenvalue weighted by Crippen LogP contribution is 2.29. The number of rotatable bonds is 3. The molecule has 0 spiro atoms. The van der Waals surface area contributed by atoms with Crippen LogP contribution >= 0.6 is 27.3 Å². The van der Waals surface area contributed by atoms with Gasteiger partial charge in [-0.15, -0.1) is 11.3 Å². The van der Waals surface area contributed by atoms with Crippen LogP contribution in [0.4, 0.5) is 5.95 Å². The third-order valence-electron chi connectivity index (χ3n) is 5.14. The Morgan fingerprint density at radius 3 is 2.92 bits per heavy atom. The minimum atomic E-state index is 0.101. The summed E-state index contributed by atoms with van der Waals surface area (Å²) in [5.74, 6) is 1.60. The highest BCUT2D eigenvalue weighted by Gasteiger charge is 2.31. The molecule has 0 saturated carbocycles. The predicted molar refractivity (Wildman–Crippen MR) is 105 cm³/mol. The number of carbonyl (C=O) groups is 1. The number of anilines is 1. The summed E-state index contributed by atoms with van der Waals surface area (Å²) >= 11 is 5.18. The van der Waals surface area contributed by atoms with E-state index < -0.39 is 0 Å². The highest BCUT2D eigenvalue weighted by atomic mass is 79.9. The predicted octanol–water partition coefficient (Wildman–Crippen LogP) is 3.11. The zero-order chi connectivity index (χ0) is 18.1. The Kier molecular flexibility index (Phi) is 5.13. The molecule has 0 bridgehead atoms. The SMILES string of the molecule is COc1nc(N2CCC(C(=O)N3CCc4sccc4C3)CC2)ncc1Br. The molecule has 2 aromatic rings. The molecular weight excluding hydrogens is 416 g/mol. The van der Waals surface area contributed by atoms with Crippen molar-refractivity contribution in [3.05, 3.63) is 32.6 Å². The van der Waals surface area contributed by atoms with Gasteiger partial charge in [0.1, 0.15) is 0 Å². The molecule has 0 aliphatic carbocycles. The second-order valence-corrected chi connectivity index (χ2v) is 8.52. The number of aromatic nitrogens is 2. The van der Waals surface area contributed by atoms with Gasteiger partial charge in [-0.3, -0.25) is 4.79 Å². The van der Waals surface area contributed by atoms with Gasteiger partial charge in [-0.25, -0.2) is 4.98 Å². The van der Waals surface area contributed by atoms with Crippen LogP contribution in [0.2, 0.25) is 0 Å². The summed E-state index contributed by atoms with van der Waals surface area (Å²) < 4.78 is 5.99. The first-order valence-corrected chi connectivity index (χ1v) is 10.5. The van der Waals surface area contributed by atoms with E-state index in [0.29, 0.717) is 17.7 Å². The molecule has 4 heterocycles. The molecule has 0 unspecified atom stereocenters. The third kappa shape index (κ3) is 3.44. The second-order valence-electron chi connectivity index (χ2n) is 6.67. The standard InChI is InChI=1S/C18H21BrN4O2S/c1-25-16-14(19)10-20-18(21-16)22-6-2-12(3-7-22)17(24)23-8-4-15-13(11-23)5-9-26-15/h5,9-10,12H,2-4,6-8,11H2,1H3. The maximum absolute atomic E-state index is 12.9. The Bertz CT molecular complexity index is 804. The van der Waals surface area contributed by atoms with Gasteiger partial charge in [0.25, 0.3) is 0 Å². The molecule has 138 valence electrons. The van der Waals surface area contributed by atoms with Crippen LogP contribution in [0.25, 0.3) is 0 Å². The molecule has 0 N–H and O–H groups in total. The minimum Gasteiger partial charge on any atom is -0.480 e. The molecule has 8 heteroatoms. The fourth-order valence-corrected chi connectivity index (χ4v) is 4.90. The molecule has 2 aliphatic heterocycles. The first-order chi connectivity index (χ1) is 12.7. The average Bonchev–Trinajstić information content (AvgIpc) is 3.16. The molecule has 2 aromatic heterocycles. The number of piperidine rings is 1. The summed E-state index contributed by atoms with van der Waals surface area (Å²) in [7, 11) is 1.60.